The molecule has 2 aromatic rings. The summed E-state index contributed by atoms with van der Waals surface area (Å²) in [4.78, 5) is 5.44. The molecule has 0 saturated carbocycles. The molecule has 3 fully saturated rings. The maximum absolute atomic E-state index is 5.67. The van der Waals surface area contributed by atoms with Gasteiger partial charge >= 0.3 is 0 Å². The average Bonchev–Trinajstić information content (AvgIpc) is 3.16. The Balaban J connectivity index is 1.37. The second-order valence-electron chi connectivity index (χ2n) is 9.09. The fourth-order valence-electron chi connectivity index (χ4n) is 6.05. The third-order valence-electron chi connectivity index (χ3n) is 7.20. The Bertz CT molecular complexity index is 838. The standard InChI is InChI=1S/C23H32N4O2/c1-16-24-25-23(29-16)15-26-13-18-12-19(14-26)22(27-9-4-3-8-21(18)27)11-17-6-5-7-20(10-17)28-2/h5-7,10,18-19,21-22H,3-4,8-9,11-15H2,1-2H3/t18-,19+,21+,22+/m1/s1. The molecule has 4 heterocycles. The summed E-state index contributed by atoms with van der Waals surface area (Å²) in [5.41, 5.74) is 1.39. The van der Waals surface area contributed by atoms with E-state index >= 15 is 0 Å². The third kappa shape index (κ3) is 3.92. The first-order valence-corrected chi connectivity index (χ1v) is 11.1. The van der Waals surface area contributed by atoms with Crippen LogP contribution >= 0.6 is 0 Å². The van der Waals surface area contributed by atoms with Crippen molar-refractivity contribution in [2.24, 2.45) is 11.8 Å². The van der Waals surface area contributed by atoms with E-state index in [1.54, 1.807) is 7.11 Å². The Hall–Kier alpha value is -1.92. The quantitative estimate of drug-likeness (QED) is 0.773. The van der Waals surface area contributed by atoms with E-state index in [4.69, 9.17) is 9.15 Å². The van der Waals surface area contributed by atoms with E-state index in [1.165, 1.54) is 37.8 Å². The predicted octanol–water partition coefficient (Wildman–Crippen LogP) is 3.30. The Labute approximate surface area is 173 Å². The first-order valence-electron chi connectivity index (χ1n) is 11.1. The predicted molar refractivity (Wildman–Crippen MR) is 111 cm³/mol. The van der Waals surface area contributed by atoms with Crippen LogP contribution in [-0.2, 0) is 13.0 Å². The molecular formula is C23H32N4O2. The number of hydrogen-bond acceptors (Lipinski definition) is 6. The molecule has 3 saturated heterocycles. The van der Waals surface area contributed by atoms with E-state index in [0.717, 1.165) is 49.7 Å². The van der Waals surface area contributed by atoms with Crippen molar-refractivity contribution in [3.8, 4) is 5.75 Å². The molecule has 156 valence electrons. The lowest BCUT2D eigenvalue weighted by Crippen LogP contribution is -2.63. The van der Waals surface area contributed by atoms with Crippen molar-refractivity contribution in [3.63, 3.8) is 0 Å². The van der Waals surface area contributed by atoms with Crippen LogP contribution in [0.3, 0.4) is 0 Å². The van der Waals surface area contributed by atoms with Crippen molar-refractivity contribution in [2.75, 3.05) is 26.7 Å². The normalized spacial score (nSPS) is 30.1. The Morgan fingerprint density at radius 1 is 1.17 bits per heavy atom. The van der Waals surface area contributed by atoms with Gasteiger partial charge < -0.3 is 9.15 Å². The number of methoxy groups -OCH3 is 1. The van der Waals surface area contributed by atoms with Gasteiger partial charge in [-0.3, -0.25) is 9.80 Å². The lowest BCUT2D eigenvalue weighted by molar-refractivity contribution is -0.0742. The van der Waals surface area contributed by atoms with Crippen LogP contribution in [0.25, 0.3) is 0 Å². The minimum atomic E-state index is 0.607. The summed E-state index contributed by atoms with van der Waals surface area (Å²) in [7, 11) is 1.75. The maximum Gasteiger partial charge on any atom is 0.230 e. The largest absolute Gasteiger partial charge is 0.497 e. The van der Waals surface area contributed by atoms with Gasteiger partial charge in [-0.25, -0.2) is 0 Å². The highest BCUT2D eigenvalue weighted by atomic mass is 16.5. The number of aromatic nitrogens is 2. The van der Waals surface area contributed by atoms with Crippen molar-refractivity contribution < 1.29 is 9.15 Å². The maximum atomic E-state index is 5.67. The zero-order valence-corrected chi connectivity index (χ0v) is 17.6. The summed E-state index contributed by atoms with van der Waals surface area (Å²) in [6.07, 6.45) is 6.53. The monoisotopic (exact) mass is 396 g/mol. The second-order valence-corrected chi connectivity index (χ2v) is 9.09. The van der Waals surface area contributed by atoms with E-state index in [1.807, 2.05) is 13.0 Å². The molecule has 4 atom stereocenters. The van der Waals surface area contributed by atoms with E-state index in [2.05, 4.69) is 38.2 Å². The van der Waals surface area contributed by atoms with Gasteiger partial charge in [0.1, 0.15) is 5.75 Å². The van der Waals surface area contributed by atoms with Crippen molar-refractivity contribution >= 4 is 0 Å². The van der Waals surface area contributed by atoms with Crippen molar-refractivity contribution in [1.29, 1.82) is 0 Å². The topological polar surface area (TPSA) is 54.6 Å². The molecule has 0 unspecified atom stereocenters. The minimum absolute atomic E-state index is 0.607. The average molecular weight is 397 g/mol. The van der Waals surface area contributed by atoms with Gasteiger partial charge in [0.25, 0.3) is 0 Å². The van der Waals surface area contributed by atoms with Crippen molar-refractivity contribution in [2.45, 2.75) is 57.7 Å². The molecule has 0 aliphatic carbocycles. The smallest absolute Gasteiger partial charge is 0.230 e. The summed E-state index contributed by atoms with van der Waals surface area (Å²) in [6.45, 7) is 6.19. The molecule has 6 nitrogen and oxygen atoms in total. The summed E-state index contributed by atoms with van der Waals surface area (Å²) in [5.74, 6) is 3.83. The van der Waals surface area contributed by atoms with Crippen LogP contribution < -0.4 is 4.74 Å². The highest BCUT2D eigenvalue weighted by Gasteiger charge is 2.47. The SMILES string of the molecule is COc1cccc(C[C@H]2[C@H]3C[C@H](CN(Cc4nnc(C)o4)C3)[C@@H]3CCCCN32)c1. The lowest BCUT2D eigenvalue weighted by atomic mass is 9.71. The number of fused-ring (bicyclic) bond motifs is 4. The van der Waals surface area contributed by atoms with Gasteiger partial charge in [0.15, 0.2) is 0 Å². The van der Waals surface area contributed by atoms with Crippen molar-refractivity contribution in [3.05, 3.63) is 41.6 Å². The highest BCUT2D eigenvalue weighted by Crippen LogP contribution is 2.42. The first kappa shape index (κ1) is 19.1. The third-order valence-corrected chi connectivity index (χ3v) is 7.20. The van der Waals surface area contributed by atoms with E-state index in [-0.39, 0.29) is 0 Å². The molecule has 0 spiro atoms. The van der Waals surface area contributed by atoms with E-state index < -0.39 is 0 Å². The lowest BCUT2D eigenvalue weighted by Gasteiger charge is -2.57. The number of rotatable bonds is 5. The molecule has 2 bridgehead atoms. The summed E-state index contributed by atoms with van der Waals surface area (Å²) < 4.78 is 11.1. The number of aryl methyl sites for hydroxylation is 1. The molecule has 5 rings (SSSR count). The van der Waals surface area contributed by atoms with Gasteiger partial charge in [-0.2, -0.15) is 0 Å². The summed E-state index contributed by atoms with van der Waals surface area (Å²) in [6, 6.07) is 9.97. The van der Waals surface area contributed by atoms with Crippen LogP contribution in [0.2, 0.25) is 0 Å². The zero-order valence-electron chi connectivity index (χ0n) is 17.6. The fraction of sp³-hybridized carbons (Fsp3) is 0.652. The molecule has 0 amide bonds. The molecule has 6 heteroatoms. The zero-order chi connectivity index (χ0) is 19.8. The number of hydrogen-bond donors (Lipinski definition) is 0. The van der Waals surface area contributed by atoms with Gasteiger partial charge in [-0.05, 0) is 61.8 Å². The minimum Gasteiger partial charge on any atom is -0.497 e. The van der Waals surface area contributed by atoms with Crippen LogP contribution in [0.4, 0.5) is 0 Å². The number of likely N-dealkylation sites (tertiary alicyclic amines) is 1. The Morgan fingerprint density at radius 3 is 2.90 bits per heavy atom. The second kappa shape index (κ2) is 8.07. The highest BCUT2D eigenvalue weighted by molar-refractivity contribution is 5.29. The molecule has 0 N–H and O–H groups in total. The number of piperidine rings is 3. The molecule has 1 aromatic carbocycles. The fourth-order valence-corrected chi connectivity index (χ4v) is 6.05. The summed E-state index contributed by atoms with van der Waals surface area (Å²) in [5, 5.41) is 8.25. The molecule has 1 aromatic heterocycles. The molecule has 3 aliphatic rings. The number of ether oxygens (including phenoxy) is 1. The Kier molecular flexibility index (Phi) is 5.31. The van der Waals surface area contributed by atoms with Crippen molar-refractivity contribution in [1.82, 2.24) is 20.0 Å². The Morgan fingerprint density at radius 2 is 2.07 bits per heavy atom. The van der Waals surface area contributed by atoms with Gasteiger partial charge in [0, 0.05) is 32.1 Å². The van der Waals surface area contributed by atoms with E-state index in [9.17, 15) is 0 Å². The van der Waals surface area contributed by atoms with Crippen LogP contribution in [-0.4, -0.2) is 58.8 Å². The van der Waals surface area contributed by atoms with Crippen LogP contribution in [0.1, 0.15) is 43.0 Å². The summed E-state index contributed by atoms with van der Waals surface area (Å²) >= 11 is 0. The molecule has 29 heavy (non-hydrogen) atoms. The molecule has 3 aliphatic heterocycles. The molecular weight excluding hydrogens is 364 g/mol. The van der Waals surface area contributed by atoms with Gasteiger partial charge in [-0.1, -0.05) is 18.6 Å². The van der Waals surface area contributed by atoms with Crippen LogP contribution in [0.5, 0.6) is 5.75 Å². The number of nitrogens with zero attached hydrogens (tertiary/aromatic N) is 4. The van der Waals surface area contributed by atoms with E-state index in [0.29, 0.717) is 17.9 Å². The van der Waals surface area contributed by atoms with Crippen LogP contribution in [0.15, 0.2) is 28.7 Å². The van der Waals surface area contributed by atoms with Crippen LogP contribution in [0, 0.1) is 18.8 Å². The van der Waals surface area contributed by atoms with Gasteiger partial charge in [-0.15, -0.1) is 10.2 Å². The number of benzene rings is 1. The molecule has 0 radical (unpaired) electrons. The first-order chi connectivity index (χ1) is 14.2. The van der Waals surface area contributed by atoms with Gasteiger partial charge in [0.2, 0.25) is 11.8 Å². The van der Waals surface area contributed by atoms with Gasteiger partial charge in [0.05, 0.1) is 13.7 Å².